The molecule has 0 aliphatic heterocycles. The Morgan fingerprint density at radius 1 is 1.60 bits per heavy atom. The zero-order valence-electron chi connectivity index (χ0n) is 2.46. The van der Waals surface area contributed by atoms with Gasteiger partial charge in [-0.05, 0) is 4.83 Å². The Labute approximate surface area is 48.2 Å². The van der Waals surface area contributed by atoms with Crippen molar-refractivity contribution in [1.82, 2.24) is 0 Å². The van der Waals surface area contributed by atoms with Gasteiger partial charge in [0.05, 0.1) is 5.33 Å². The van der Waals surface area contributed by atoms with Crippen LogP contribution in [0.3, 0.4) is 0 Å². The third-order valence-corrected chi connectivity index (χ3v) is 0.694. The molecule has 0 aromatic heterocycles. The van der Waals surface area contributed by atoms with Gasteiger partial charge in [0, 0.05) is 15.9 Å². The van der Waals surface area contributed by atoms with Crippen LogP contribution in [-0.4, -0.2) is 5.33 Å². The van der Waals surface area contributed by atoms with Crippen molar-refractivity contribution >= 4 is 31.9 Å². The second-order valence-electron chi connectivity index (χ2n) is 0.405. The summed E-state index contributed by atoms with van der Waals surface area (Å²) < 4.78 is 0. The first-order valence-corrected chi connectivity index (χ1v) is 2.97. The summed E-state index contributed by atoms with van der Waals surface area (Å²) in [6.07, 6.45) is 0. The quantitative estimate of drug-likeness (QED) is 0.410. The predicted octanol–water partition coefficient (Wildman–Crippen LogP) is 1.74. The first-order chi connectivity index (χ1) is 2.41. The normalized spacial score (nSPS) is 5.20. The lowest BCUT2D eigenvalue weighted by molar-refractivity contribution is 2.01. The number of rotatable bonds is 0. The summed E-state index contributed by atoms with van der Waals surface area (Å²) in [5.41, 5.74) is 0. The molecule has 0 aromatic rings. The molecule has 0 heterocycles. The molecule has 0 bridgehead atoms. The molecule has 0 rings (SSSR count). The van der Waals surface area contributed by atoms with E-state index in [9.17, 15) is 0 Å². The Morgan fingerprint density at radius 2 is 2.20 bits per heavy atom. The molecule has 0 saturated carbocycles. The molecule has 5 heavy (non-hydrogen) atoms. The molecule has 0 aliphatic carbocycles. The Kier molecular flexibility index (Phi) is 4.99. The van der Waals surface area contributed by atoms with E-state index in [4.69, 9.17) is 0 Å². The topological polar surface area (TPSA) is 0 Å². The van der Waals surface area contributed by atoms with Crippen molar-refractivity contribution in [1.29, 1.82) is 0 Å². The Hall–Kier alpha value is 0.520. The third-order valence-electron chi connectivity index (χ3n) is 0.134. The van der Waals surface area contributed by atoms with Crippen LogP contribution in [0.15, 0.2) is 0 Å². The van der Waals surface area contributed by atoms with Gasteiger partial charge < -0.3 is 0 Å². The molecule has 0 amide bonds. The van der Waals surface area contributed by atoms with Crippen molar-refractivity contribution in [3.8, 4) is 10.8 Å². The molecule has 0 unspecified atom stereocenters. The van der Waals surface area contributed by atoms with Gasteiger partial charge in [-0.15, -0.1) is 0 Å². The van der Waals surface area contributed by atoms with Gasteiger partial charge in [0.15, 0.2) is 0 Å². The fourth-order valence-corrected chi connectivity index (χ4v) is 0.682. The maximum atomic E-state index is 3.11. The van der Waals surface area contributed by atoms with Crippen molar-refractivity contribution in [2.45, 2.75) is 0 Å². The first-order valence-electron chi connectivity index (χ1n) is 1.06. The van der Waals surface area contributed by atoms with E-state index in [-0.39, 0.29) is 0 Å². The van der Waals surface area contributed by atoms with Gasteiger partial charge in [-0.2, -0.15) is 0 Å². The second kappa shape index (κ2) is 4.52. The molecule has 2 heteroatoms. The number of halogens is 2. The molecule has 0 atom stereocenters. The summed E-state index contributed by atoms with van der Waals surface area (Å²) >= 11 is 6.02. The van der Waals surface area contributed by atoms with Crippen LogP contribution in [-0.2, 0) is 0 Å². The van der Waals surface area contributed by atoms with Crippen LogP contribution in [0.5, 0.6) is 0 Å². The van der Waals surface area contributed by atoms with E-state index in [0.29, 0.717) is 0 Å². The third kappa shape index (κ3) is 4.52. The van der Waals surface area contributed by atoms with E-state index in [2.05, 4.69) is 42.6 Å². The molecule has 0 radical (unpaired) electrons. The zero-order valence-corrected chi connectivity index (χ0v) is 5.64. The predicted molar refractivity (Wildman–Crippen MR) is 30.5 cm³/mol. The highest BCUT2D eigenvalue weighted by molar-refractivity contribution is 9.12. The highest BCUT2D eigenvalue weighted by Gasteiger charge is 1.52. The van der Waals surface area contributed by atoms with Crippen LogP contribution in [0, 0.1) is 10.8 Å². The minimum Gasteiger partial charge on any atom is -0.0792 e. The minimum atomic E-state index is 0.748. The van der Waals surface area contributed by atoms with Crippen molar-refractivity contribution in [2.24, 2.45) is 0 Å². The van der Waals surface area contributed by atoms with Crippen LogP contribution < -0.4 is 0 Å². The van der Waals surface area contributed by atoms with E-state index in [1.54, 1.807) is 0 Å². The van der Waals surface area contributed by atoms with E-state index in [1.807, 2.05) is 0 Å². The van der Waals surface area contributed by atoms with Crippen LogP contribution in [0.25, 0.3) is 0 Å². The largest absolute Gasteiger partial charge is 0.0792 e. The van der Waals surface area contributed by atoms with Crippen LogP contribution in [0.1, 0.15) is 0 Å². The SMILES string of the molecule is BrC#CCBr. The van der Waals surface area contributed by atoms with Crippen molar-refractivity contribution < 1.29 is 0 Å². The van der Waals surface area contributed by atoms with E-state index in [1.165, 1.54) is 0 Å². The lowest BCUT2D eigenvalue weighted by Gasteiger charge is -1.54. The molecule has 0 saturated heterocycles. The molecule has 28 valence electrons. The van der Waals surface area contributed by atoms with E-state index in [0.717, 1.165) is 5.33 Å². The molecule has 0 nitrogen and oxygen atoms in total. The average molecular weight is 198 g/mol. The highest BCUT2D eigenvalue weighted by atomic mass is 79.9. The second-order valence-corrected chi connectivity index (χ2v) is 1.36. The van der Waals surface area contributed by atoms with Crippen molar-refractivity contribution in [3.05, 3.63) is 0 Å². The maximum Gasteiger partial charge on any atom is 0.0654 e. The molecule has 0 fully saturated rings. The molecular weight excluding hydrogens is 196 g/mol. The summed E-state index contributed by atoms with van der Waals surface area (Å²) in [6, 6.07) is 0. The maximum absolute atomic E-state index is 3.11. The Morgan fingerprint density at radius 3 is 2.20 bits per heavy atom. The molecule has 0 aliphatic rings. The molecule has 0 spiro atoms. The van der Waals surface area contributed by atoms with Gasteiger partial charge in [0.1, 0.15) is 0 Å². The van der Waals surface area contributed by atoms with E-state index < -0.39 is 0 Å². The van der Waals surface area contributed by atoms with Gasteiger partial charge in [0.25, 0.3) is 0 Å². The Balaban J connectivity index is 2.81. The van der Waals surface area contributed by atoms with E-state index >= 15 is 0 Å². The summed E-state index contributed by atoms with van der Waals surface area (Å²) in [7, 11) is 0. The van der Waals surface area contributed by atoms with Gasteiger partial charge >= 0.3 is 0 Å². The summed E-state index contributed by atoms with van der Waals surface area (Å²) in [5, 5.41) is 0.748. The average Bonchev–Trinajstić information content (AvgIpc) is 1.41. The van der Waals surface area contributed by atoms with Gasteiger partial charge in [-0.1, -0.05) is 21.9 Å². The van der Waals surface area contributed by atoms with Crippen molar-refractivity contribution in [3.63, 3.8) is 0 Å². The number of alkyl halides is 1. The summed E-state index contributed by atoms with van der Waals surface area (Å²) in [6.45, 7) is 0. The fraction of sp³-hybridized carbons (Fsp3) is 0.333. The minimum absolute atomic E-state index is 0.748. The highest BCUT2D eigenvalue weighted by Crippen LogP contribution is 1.74. The molecule has 0 aromatic carbocycles. The zero-order chi connectivity index (χ0) is 4.12. The lowest BCUT2D eigenvalue weighted by atomic mass is 10.8. The first kappa shape index (κ1) is 5.52. The van der Waals surface area contributed by atoms with Gasteiger partial charge in [-0.3, -0.25) is 0 Å². The standard InChI is InChI=1S/C3H2Br2/c4-2-1-3-5/h2H2. The Bertz CT molecular complexity index is 57.0. The van der Waals surface area contributed by atoms with Crippen LogP contribution in [0.2, 0.25) is 0 Å². The number of hydrogen-bond acceptors (Lipinski definition) is 0. The summed E-state index contributed by atoms with van der Waals surface area (Å²) in [5.74, 6) is 2.69. The van der Waals surface area contributed by atoms with Crippen LogP contribution >= 0.6 is 31.9 Å². The van der Waals surface area contributed by atoms with Gasteiger partial charge in [0.2, 0.25) is 0 Å². The van der Waals surface area contributed by atoms with Crippen molar-refractivity contribution in [2.75, 3.05) is 5.33 Å². The summed E-state index contributed by atoms with van der Waals surface area (Å²) in [4.78, 5) is 2.53. The lowest BCUT2D eigenvalue weighted by Crippen LogP contribution is -1.48. The van der Waals surface area contributed by atoms with Crippen LogP contribution in [0.4, 0.5) is 0 Å². The van der Waals surface area contributed by atoms with Gasteiger partial charge in [-0.25, -0.2) is 0 Å². The number of hydrogen-bond donors (Lipinski definition) is 0. The fourth-order valence-electron chi connectivity index (χ4n) is 0.0253. The monoisotopic (exact) mass is 196 g/mol. The smallest absolute Gasteiger partial charge is 0.0654 e. The molecule has 0 N–H and O–H groups in total. The molecular formula is C3H2Br2.